The maximum Gasteiger partial charge on any atom is 0.221 e. The number of hydrogen-bond acceptors (Lipinski definition) is 2. The highest BCUT2D eigenvalue weighted by atomic mass is 16.3. The van der Waals surface area contributed by atoms with Gasteiger partial charge in [-0.3, -0.25) is 4.79 Å². The minimum Gasteiger partial charge on any atom is -0.459 e. The van der Waals surface area contributed by atoms with Crippen molar-refractivity contribution in [2.24, 2.45) is 5.92 Å². The third-order valence-corrected chi connectivity index (χ3v) is 3.81. The third kappa shape index (κ3) is 2.77. The standard InChI is InChI=1S/C17H19NO2/c1-12(18-17(19)10-13-6-2-3-7-13)16-11-14-8-4-5-9-15(14)20-16/h2,4-6,8-9,11-13H,3,7,10H2,1H3,(H,18,19). The van der Waals surface area contributed by atoms with Gasteiger partial charge >= 0.3 is 0 Å². The predicted octanol–water partition coefficient (Wildman–Crippen LogP) is 3.97. The zero-order valence-corrected chi connectivity index (χ0v) is 11.6. The van der Waals surface area contributed by atoms with Gasteiger partial charge in [-0.05, 0) is 37.8 Å². The number of para-hydroxylation sites is 1. The first-order chi connectivity index (χ1) is 9.72. The lowest BCUT2D eigenvalue weighted by Gasteiger charge is -2.13. The molecule has 0 fully saturated rings. The summed E-state index contributed by atoms with van der Waals surface area (Å²) in [7, 11) is 0. The average Bonchev–Trinajstić information content (AvgIpc) is 3.06. The van der Waals surface area contributed by atoms with E-state index >= 15 is 0 Å². The second-order valence-electron chi connectivity index (χ2n) is 5.45. The lowest BCUT2D eigenvalue weighted by atomic mass is 10.0. The zero-order chi connectivity index (χ0) is 13.9. The number of hydrogen-bond donors (Lipinski definition) is 1. The van der Waals surface area contributed by atoms with Gasteiger partial charge in [-0.15, -0.1) is 0 Å². The first-order valence-corrected chi connectivity index (χ1v) is 7.17. The van der Waals surface area contributed by atoms with Gasteiger partial charge in [0, 0.05) is 11.8 Å². The van der Waals surface area contributed by atoms with Gasteiger partial charge in [0.15, 0.2) is 0 Å². The number of furan rings is 1. The molecule has 1 aromatic carbocycles. The molecule has 1 amide bonds. The van der Waals surface area contributed by atoms with Gasteiger partial charge in [0.1, 0.15) is 11.3 Å². The lowest BCUT2D eigenvalue weighted by Crippen LogP contribution is -2.27. The smallest absolute Gasteiger partial charge is 0.221 e. The van der Waals surface area contributed by atoms with Gasteiger partial charge < -0.3 is 9.73 Å². The fourth-order valence-electron chi connectivity index (χ4n) is 2.69. The second-order valence-corrected chi connectivity index (χ2v) is 5.45. The summed E-state index contributed by atoms with van der Waals surface area (Å²) < 4.78 is 5.77. The molecule has 0 bridgehead atoms. The number of carbonyl (C=O) groups is 1. The van der Waals surface area contributed by atoms with Crippen molar-refractivity contribution in [3.8, 4) is 0 Å². The van der Waals surface area contributed by atoms with E-state index in [2.05, 4.69) is 17.5 Å². The normalized spacial score (nSPS) is 19.4. The van der Waals surface area contributed by atoms with Crippen molar-refractivity contribution in [3.05, 3.63) is 48.2 Å². The van der Waals surface area contributed by atoms with Gasteiger partial charge in [0.25, 0.3) is 0 Å². The van der Waals surface area contributed by atoms with Gasteiger partial charge in [0.05, 0.1) is 6.04 Å². The molecule has 3 rings (SSSR count). The van der Waals surface area contributed by atoms with Crippen molar-refractivity contribution in [3.63, 3.8) is 0 Å². The number of amides is 1. The first-order valence-electron chi connectivity index (χ1n) is 7.17. The average molecular weight is 269 g/mol. The Labute approximate surface area is 118 Å². The summed E-state index contributed by atoms with van der Waals surface area (Å²) in [6.07, 6.45) is 7.05. The van der Waals surface area contributed by atoms with E-state index in [1.807, 2.05) is 37.3 Å². The van der Waals surface area contributed by atoms with Crippen molar-refractivity contribution in [1.82, 2.24) is 5.32 Å². The van der Waals surface area contributed by atoms with Gasteiger partial charge in [-0.25, -0.2) is 0 Å². The number of rotatable bonds is 4. The van der Waals surface area contributed by atoms with E-state index < -0.39 is 0 Å². The molecule has 2 atom stereocenters. The molecule has 104 valence electrons. The molecule has 2 aromatic rings. The van der Waals surface area contributed by atoms with Crippen molar-refractivity contribution in [1.29, 1.82) is 0 Å². The molecule has 0 spiro atoms. The minimum atomic E-state index is -0.0970. The van der Waals surface area contributed by atoms with Crippen LogP contribution in [0.15, 0.2) is 46.9 Å². The maximum atomic E-state index is 12.0. The highest BCUT2D eigenvalue weighted by Gasteiger charge is 2.18. The van der Waals surface area contributed by atoms with E-state index in [4.69, 9.17) is 4.42 Å². The zero-order valence-electron chi connectivity index (χ0n) is 11.6. The quantitative estimate of drug-likeness (QED) is 0.853. The lowest BCUT2D eigenvalue weighted by molar-refractivity contribution is -0.122. The number of fused-ring (bicyclic) bond motifs is 1. The monoisotopic (exact) mass is 269 g/mol. The Morgan fingerprint density at radius 2 is 2.30 bits per heavy atom. The number of benzene rings is 1. The fraction of sp³-hybridized carbons (Fsp3) is 0.353. The Kier molecular flexibility index (Phi) is 3.59. The Bertz CT molecular complexity index is 608. The van der Waals surface area contributed by atoms with Crippen molar-refractivity contribution < 1.29 is 9.21 Å². The van der Waals surface area contributed by atoms with E-state index in [1.165, 1.54) is 0 Å². The van der Waals surface area contributed by atoms with Crippen LogP contribution in [0.3, 0.4) is 0 Å². The van der Waals surface area contributed by atoms with Crippen LogP contribution in [0.5, 0.6) is 0 Å². The maximum absolute atomic E-state index is 12.0. The van der Waals surface area contributed by atoms with E-state index in [9.17, 15) is 4.79 Å². The Morgan fingerprint density at radius 3 is 3.05 bits per heavy atom. The van der Waals surface area contributed by atoms with Crippen LogP contribution in [0.4, 0.5) is 0 Å². The fourth-order valence-corrected chi connectivity index (χ4v) is 2.69. The van der Waals surface area contributed by atoms with Crippen LogP contribution in [-0.2, 0) is 4.79 Å². The molecule has 1 aliphatic carbocycles. The largest absolute Gasteiger partial charge is 0.459 e. The van der Waals surface area contributed by atoms with Gasteiger partial charge in [-0.2, -0.15) is 0 Å². The molecular formula is C17H19NO2. The Hall–Kier alpha value is -2.03. The molecule has 2 unspecified atom stereocenters. The van der Waals surface area contributed by atoms with Crippen LogP contribution < -0.4 is 5.32 Å². The second kappa shape index (κ2) is 5.53. The molecule has 0 saturated carbocycles. The van der Waals surface area contributed by atoms with E-state index in [1.54, 1.807) is 0 Å². The molecule has 0 aliphatic heterocycles. The molecule has 1 heterocycles. The van der Waals surface area contributed by atoms with Gasteiger partial charge in [-0.1, -0.05) is 30.4 Å². The number of allylic oxidation sites excluding steroid dienone is 2. The van der Waals surface area contributed by atoms with Crippen molar-refractivity contribution >= 4 is 16.9 Å². The molecule has 0 radical (unpaired) electrons. The van der Waals surface area contributed by atoms with Crippen LogP contribution in [0.25, 0.3) is 11.0 Å². The van der Waals surface area contributed by atoms with Crippen LogP contribution in [0.2, 0.25) is 0 Å². The molecule has 1 aliphatic rings. The van der Waals surface area contributed by atoms with Gasteiger partial charge in [0.2, 0.25) is 5.91 Å². The molecule has 1 aromatic heterocycles. The van der Waals surface area contributed by atoms with E-state index in [0.717, 1.165) is 29.6 Å². The summed E-state index contributed by atoms with van der Waals surface area (Å²) in [5.74, 6) is 1.30. The summed E-state index contributed by atoms with van der Waals surface area (Å²) in [5, 5.41) is 4.09. The van der Waals surface area contributed by atoms with E-state index in [0.29, 0.717) is 12.3 Å². The highest BCUT2D eigenvalue weighted by molar-refractivity contribution is 5.79. The summed E-state index contributed by atoms with van der Waals surface area (Å²) in [4.78, 5) is 12.0. The summed E-state index contributed by atoms with van der Waals surface area (Å²) in [5.41, 5.74) is 0.863. The van der Waals surface area contributed by atoms with Crippen molar-refractivity contribution in [2.45, 2.75) is 32.2 Å². The van der Waals surface area contributed by atoms with Crippen LogP contribution in [0.1, 0.15) is 38.0 Å². The summed E-state index contributed by atoms with van der Waals surface area (Å²) in [6.45, 7) is 1.96. The SMILES string of the molecule is CC(NC(=O)CC1C=CCC1)c1cc2ccccc2o1. The molecular weight excluding hydrogens is 250 g/mol. The molecule has 0 saturated heterocycles. The van der Waals surface area contributed by atoms with Crippen LogP contribution in [0, 0.1) is 5.92 Å². The predicted molar refractivity (Wildman–Crippen MR) is 79.3 cm³/mol. The molecule has 3 heteroatoms. The molecule has 1 N–H and O–H groups in total. The summed E-state index contributed by atoms with van der Waals surface area (Å²) >= 11 is 0. The molecule has 20 heavy (non-hydrogen) atoms. The van der Waals surface area contributed by atoms with Crippen LogP contribution >= 0.6 is 0 Å². The molecule has 3 nitrogen and oxygen atoms in total. The van der Waals surface area contributed by atoms with Crippen molar-refractivity contribution in [2.75, 3.05) is 0 Å². The summed E-state index contributed by atoms with van der Waals surface area (Å²) in [6, 6.07) is 9.79. The topological polar surface area (TPSA) is 42.2 Å². The number of nitrogens with one attached hydrogen (secondary N) is 1. The first kappa shape index (κ1) is 13.0. The van der Waals surface area contributed by atoms with Crippen LogP contribution in [-0.4, -0.2) is 5.91 Å². The Balaban J connectivity index is 1.64. The Morgan fingerprint density at radius 1 is 1.45 bits per heavy atom. The number of carbonyl (C=O) groups excluding carboxylic acids is 1. The minimum absolute atomic E-state index is 0.0921. The van der Waals surface area contributed by atoms with E-state index in [-0.39, 0.29) is 11.9 Å². The highest BCUT2D eigenvalue weighted by Crippen LogP contribution is 2.24. The third-order valence-electron chi connectivity index (χ3n) is 3.81.